The predicted molar refractivity (Wildman–Crippen MR) is 85.3 cm³/mol. The van der Waals surface area contributed by atoms with Crippen LogP contribution in [0, 0.1) is 0 Å². The van der Waals surface area contributed by atoms with E-state index in [4.69, 9.17) is 0 Å². The molecule has 5 nitrogen and oxygen atoms in total. The highest BCUT2D eigenvalue weighted by Gasteiger charge is 2.15. The van der Waals surface area contributed by atoms with Crippen LogP contribution in [0.2, 0.25) is 0 Å². The molecule has 0 atom stereocenters. The highest BCUT2D eigenvalue weighted by Crippen LogP contribution is 2.24. The monoisotopic (exact) mass is 321 g/mol. The number of benzene rings is 1. The van der Waals surface area contributed by atoms with E-state index in [1.165, 1.54) is 11.3 Å². The van der Waals surface area contributed by atoms with Gasteiger partial charge in [0.25, 0.3) is 10.0 Å². The van der Waals surface area contributed by atoms with Gasteiger partial charge in [0.1, 0.15) is 10.0 Å². The number of aromatic nitrogens is 2. The second-order valence-electron chi connectivity index (χ2n) is 5.05. The lowest BCUT2D eigenvalue weighted by molar-refractivity contribution is 0.603. The van der Waals surface area contributed by atoms with E-state index in [9.17, 15) is 8.42 Å². The fourth-order valence-corrected chi connectivity index (χ4v) is 4.03. The Morgan fingerprint density at radius 2 is 2.10 bits per heavy atom. The van der Waals surface area contributed by atoms with Crippen molar-refractivity contribution < 1.29 is 8.42 Å². The van der Waals surface area contributed by atoms with Gasteiger partial charge in [-0.1, -0.05) is 19.9 Å². The molecule has 0 aliphatic carbocycles. The molecule has 3 rings (SSSR count). The van der Waals surface area contributed by atoms with Crippen LogP contribution in [0.4, 0.5) is 5.69 Å². The summed E-state index contributed by atoms with van der Waals surface area (Å²) in [5, 5.41) is 1.74. The van der Waals surface area contributed by atoms with Gasteiger partial charge in [-0.05, 0) is 29.6 Å². The van der Waals surface area contributed by atoms with Gasteiger partial charge >= 0.3 is 0 Å². The van der Waals surface area contributed by atoms with E-state index < -0.39 is 10.0 Å². The van der Waals surface area contributed by atoms with Gasteiger partial charge < -0.3 is 4.98 Å². The van der Waals surface area contributed by atoms with Crippen LogP contribution >= 0.6 is 11.3 Å². The number of fused-ring (bicyclic) bond motifs is 1. The number of imidazole rings is 1. The molecule has 0 saturated carbocycles. The van der Waals surface area contributed by atoms with Crippen molar-refractivity contribution >= 4 is 38.1 Å². The van der Waals surface area contributed by atoms with Crippen molar-refractivity contribution in [3.05, 3.63) is 41.5 Å². The van der Waals surface area contributed by atoms with Crippen LogP contribution in [0.3, 0.4) is 0 Å². The number of rotatable bonds is 4. The Hall–Kier alpha value is -1.86. The molecule has 0 bridgehead atoms. The Balaban J connectivity index is 1.95. The molecule has 0 fully saturated rings. The summed E-state index contributed by atoms with van der Waals surface area (Å²) in [5.41, 5.74) is 2.18. The smallest absolute Gasteiger partial charge is 0.271 e. The zero-order valence-electron chi connectivity index (χ0n) is 11.6. The molecule has 0 saturated heterocycles. The maximum absolute atomic E-state index is 12.2. The van der Waals surface area contributed by atoms with Crippen molar-refractivity contribution in [2.24, 2.45) is 0 Å². The summed E-state index contributed by atoms with van der Waals surface area (Å²) in [5.74, 6) is 1.19. The Labute approximate surface area is 127 Å². The summed E-state index contributed by atoms with van der Waals surface area (Å²) in [6.07, 6.45) is 0. The molecule has 0 amide bonds. The van der Waals surface area contributed by atoms with Crippen LogP contribution in [0.1, 0.15) is 25.6 Å². The van der Waals surface area contributed by atoms with Crippen LogP contribution in [-0.2, 0) is 10.0 Å². The zero-order valence-corrected chi connectivity index (χ0v) is 13.3. The van der Waals surface area contributed by atoms with Gasteiger partial charge in [0.2, 0.25) is 0 Å². The lowest BCUT2D eigenvalue weighted by Gasteiger charge is -2.05. The molecule has 0 spiro atoms. The molecule has 0 aliphatic rings. The Kier molecular flexibility index (Phi) is 3.46. The second-order valence-corrected chi connectivity index (χ2v) is 7.90. The number of nitrogens with one attached hydrogen (secondary N) is 2. The van der Waals surface area contributed by atoms with Crippen LogP contribution < -0.4 is 4.72 Å². The van der Waals surface area contributed by atoms with E-state index in [1.54, 1.807) is 29.6 Å². The second kappa shape index (κ2) is 5.16. The van der Waals surface area contributed by atoms with Crippen LogP contribution in [0.15, 0.2) is 39.9 Å². The Bertz CT molecular complexity index is 865. The van der Waals surface area contributed by atoms with Gasteiger partial charge in [-0.25, -0.2) is 13.4 Å². The molecule has 1 aromatic carbocycles. The summed E-state index contributed by atoms with van der Waals surface area (Å²) < 4.78 is 27.3. The molecule has 110 valence electrons. The topological polar surface area (TPSA) is 74.8 Å². The quantitative estimate of drug-likeness (QED) is 0.771. The number of hydrogen-bond donors (Lipinski definition) is 2. The number of nitrogens with zero attached hydrogens (tertiary/aromatic N) is 1. The van der Waals surface area contributed by atoms with Crippen molar-refractivity contribution in [3.63, 3.8) is 0 Å². The number of H-pyrrole nitrogens is 1. The first-order valence-corrected chi connectivity index (χ1v) is 8.88. The standard InChI is InChI=1S/C14H15N3O2S2/c1-9(2)14-15-11-6-5-10(8-12(11)16-14)17-21(18,19)13-4-3-7-20-13/h3-9,17H,1-2H3,(H,15,16). The van der Waals surface area contributed by atoms with Gasteiger partial charge in [-0.3, -0.25) is 4.72 Å². The fourth-order valence-electron chi connectivity index (χ4n) is 1.99. The molecule has 2 heterocycles. The highest BCUT2D eigenvalue weighted by atomic mass is 32.2. The number of thiophene rings is 1. The van der Waals surface area contributed by atoms with E-state index in [2.05, 4.69) is 28.5 Å². The summed E-state index contributed by atoms with van der Waals surface area (Å²) in [6, 6.07) is 8.59. The normalized spacial score (nSPS) is 12.1. The average Bonchev–Trinajstić information content (AvgIpc) is 3.07. The lowest BCUT2D eigenvalue weighted by Crippen LogP contribution is -2.11. The minimum atomic E-state index is -3.51. The van der Waals surface area contributed by atoms with Crippen LogP contribution in [0.25, 0.3) is 11.0 Å². The first kappa shape index (κ1) is 14.1. The van der Waals surface area contributed by atoms with Gasteiger partial charge in [0.15, 0.2) is 0 Å². The van der Waals surface area contributed by atoms with E-state index in [-0.39, 0.29) is 0 Å². The summed E-state index contributed by atoms with van der Waals surface area (Å²) in [6.45, 7) is 4.11. The van der Waals surface area contributed by atoms with Gasteiger partial charge in [-0.2, -0.15) is 0 Å². The number of aromatic amines is 1. The van der Waals surface area contributed by atoms with E-state index in [0.29, 0.717) is 15.8 Å². The molecular formula is C14H15N3O2S2. The number of anilines is 1. The minimum Gasteiger partial charge on any atom is -0.342 e. The zero-order chi connectivity index (χ0) is 15.0. The van der Waals surface area contributed by atoms with E-state index in [1.807, 2.05) is 6.07 Å². The first-order chi connectivity index (χ1) is 9.95. The first-order valence-electron chi connectivity index (χ1n) is 6.52. The van der Waals surface area contributed by atoms with E-state index in [0.717, 1.165) is 16.9 Å². The Morgan fingerprint density at radius 1 is 1.29 bits per heavy atom. The molecule has 0 radical (unpaired) electrons. The molecule has 3 aromatic rings. The highest BCUT2D eigenvalue weighted by molar-refractivity contribution is 7.94. The SMILES string of the molecule is CC(C)c1nc2ccc(NS(=O)(=O)c3cccs3)cc2[nH]1. The van der Waals surface area contributed by atoms with Gasteiger partial charge in [-0.15, -0.1) is 11.3 Å². The van der Waals surface area contributed by atoms with E-state index >= 15 is 0 Å². The molecule has 7 heteroatoms. The third-order valence-electron chi connectivity index (χ3n) is 3.06. The van der Waals surface area contributed by atoms with Crippen molar-refractivity contribution in [2.75, 3.05) is 4.72 Å². The van der Waals surface area contributed by atoms with Gasteiger partial charge in [0.05, 0.1) is 16.7 Å². The van der Waals surface area contributed by atoms with Crippen LogP contribution in [0.5, 0.6) is 0 Å². The fraction of sp³-hybridized carbons (Fsp3) is 0.214. The van der Waals surface area contributed by atoms with Gasteiger partial charge in [0, 0.05) is 5.92 Å². The summed E-state index contributed by atoms with van der Waals surface area (Å²) in [7, 11) is -3.51. The Morgan fingerprint density at radius 3 is 2.76 bits per heavy atom. The third kappa shape index (κ3) is 2.79. The van der Waals surface area contributed by atoms with Crippen LogP contribution in [-0.4, -0.2) is 18.4 Å². The molecule has 0 aliphatic heterocycles. The molecule has 2 aromatic heterocycles. The maximum Gasteiger partial charge on any atom is 0.271 e. The predicted octanol–water partition coefficient (Wildman–Crippen LogP) is 3.55. The lowest BCUT2D eigenvalue weighted by atomic mass is 10.2. The molecule has 21 heavy (non-hydrogen) atoms. The van der Waals surface area contributed by atoms with Crippen molar-refractivity contribution in [1.82, 2.24) is 9.97 Å². The number of sulfonamides is 1. The average molecular weight is 321 g/mol. The molecule has 2 N–H and O–H groups in total. The molecule has 0 unspecified atom stereocenters. The largest absolute Gasteiger partial charge is 0.342 e. The molecular weight excluding hydrogens is 306 g/mol. The minimum absolute atomic E-state index is 0.295. The number of hydrogen-bond acceptors (Lipinski definition) is 4. The van der Waals surface area contributed by atoms with Crippen molar-refractivity contribution in [3.8, 4) is 0 Å². The van der Waals surface area contributed by atoms with Crippen molar-refractivity contribution in [2.45, 2.75) is 24.0 Å². The third-order valence-corrected chi connectivity index (χ3v) is 5.84. The van der Waals surface area contributed by atoms with Crippen molar-refractivity contribution in [1.29, 1.82) is 0 Å². The maximum atomic E-state index is 12.2. The summed E-state index contributed by atoms with van der Waals surface area (Å²) >= 11 is 1.19. The summed E-state index contributed by atoms with van der Waals surface area (Å²) in [4.78, 5) is 7.68.